The standard InChI is InChI=1S/C18H27NO/c1-13-10-14(2)17-16(11-13)15(6-9-19)12-18(20-17)7-4-3-5-8-18/h10-11,15H,3-9,12,19H2,1-2H3. The van der Waals surface area contributed by atoms with Crippen molar-refractivity contribution in [3.63, 3.8) is 0 Å². The van der Waals surface area contributed by atoms with Crippen molar-refractivity contribution in [2.24, 2.45) is 5.73 Å². The third kappa shape index (κ3) is 2.46. The van der Waals surface area contributed by atoms with Crippen molar-refractivity contribution in [1.82, 2.24) is 0 Å². The quantitative estimate of drug-likeness (QED) is 0.875. The summed E-state index contributed by atoms with van der Waals surface area (Å²) in [5.41, 5.74) is 10.0. The number of nitrogens with two attached hydrogens (primary N) is 1. The van der Waals surface area contributed by atoms with Gasteiger partial charge in [-0.3, -0.25) is 0 Å². The molecule has 110 valence electrons. The van der Waals surface area contributed by atoms with Crippen LogP contribution in [0.3, 0.4) is 0 Å². The molecule has 20 heavy (non-hydrogen) atoms. The van der Waals surface area contributed by atoms with Crippen LogP contribution in [0.1, 0.15) is 67.6 Å². The molecule has 0 saturated heterocycles. The number of hydrogen-bond acceptors (Lipinski definition) is 2. The molecule has 3 rings (SSSR count). The van der Waals surface area contributed by atoms with Crippen LogP contribution in [0.25, 0.3) is 0 Å². The lowest BCUT2D eigenvalue weighted by Crippen LogP contribution is -2.43. The van der Waals surface area contributed by atoms with Gasteiger partial charge < -0.3 is 10.5 Å². The Kier molecular flexibility index (Phi) is 3.76. The molecule has 0 amide bonds. The van der Waals surface area contributed by atoms with E-state index in [1.807, 2.05) is 0 Å². The maximum absolute atomic E-state index is 6.58. The fraction of sp³-hybridized carbons (Fsp3) is 0.667. The lowest BCUT2D eigenvalue weighted by Gasteiger charge is -2.45. The number of rotatable bonds is 2. The SMILES string of the molecule is Cc1cc(C)c2c(c1)C(CCN)CC1(CCCCC1)O2. The molecule has 1 aliphatic heterocycles. The minimum atomic E-state index is 0.102. The van der Waals surface area contributed by atoms with Crippen molar-refractivity contribution in [2.45, 2.75) is 70.3 Å². The van der Waals surface area contributed by atoms with E-state index in [-0.39, 0.29) is 5.60 Å². The summed E-state index contributed by atoms with van der Waals surface area (Å²) in [7, 11) is 0. The van der Waals surface area contributed by atoms with Gasteiger partial charge in [0.2, 0.25) is 0 Å². The highest BCUT2D eigenvalue weighted by molar-refractivity contribution is 5.48. The molecule has 1 fully saturated rings. The Bertz CT molecular complexity index is 488. The van der Waals surface area contributed by atoms with Gasteiger partial charge in [0.05, 0.1) is 0 Å². The van der Waals surface area contributed by atoms with Crippen molar-refractivity contribution in [1.29, 1.82) is 0 Å². The highest BCUT2D eigenvalue weighted by atomic mass is 16.5. The Hall–Kier alpha value is -1.02. The van der Waals surface area contributed by atoms with Crippen LogP contribution in [0.2, 0.25) is 0 Å². The van der Waals surface area contributed by atoms with Crippen LogP contribution >= 0.6 is 0 Å². The first-order valence-corrected chi connectivity index (χ1v) is 8.14. The molecule has 2 N–H and O–H groups in total. The van der Waals surface area contributed by atoms with Crippen molar-refractivity contribution in [2.75, 3.05) is 6.54 Å². The first kappa shape index (κ1) is 13.9. The van der Waals surface area contributed by atoms with Crippen molar-refractivity contribution >= 4 is 0 Å². The number of aryl methyl sites for hydroxylation is 2. The maximum atomic E-state index is 6.58. The van der Waals surface area contributed by atoms with Gasteiger partial charge >= 0.3 is 0 Å². The van der Waals surface area contributed by atoms with Crippen molar-refractivity contribution in [3.8, 4) is 5.75 Å². The monoisotopic (exact) mass is 273 g/mol. The van der Waals surface area contributed by atoms with E-state index in [2.05, 4.69) is 26.0 Å². The van der Waals surface area contributed by atoms with Gasteiger partial charge in [-0.25, -0.2) is 0 Å². The number of ether oxygens (including phenoxy) is 1. The smallest absolute Gasteiger partial charge is 0.126 e. The van der Waals surface area contributed by atoms with Gasteiger partial charge in [0.1, 0.15) is 11.4 Å². The fourth-order valence-electron chi connectivity index (χ4n) is 4.21. The lowest BCUT2D eigenvalue weighted by atomic mass is 9.73. The molecule has 2 heteroatoms. The summed E-state index contributed by atoms with van der Waals surface area (Å²) in [5, 5.41) is 0. The second kappa shape index (κ2) is 5.40. The molecule has 0 radical (unpaired) electrons. The van der Waals surface area contributed by atoms with Crippen LogP contribution in [-0.2, 0) is 0 Å². The van der Waals surface area contributed by atoms with Crippen LogP contribution in [0, 0.1) is 13.8 Å². The largest absolute Gasteiger partial charge is 0.487 e. The second-order valence-electron chi connectivity index (χ2n) is 6.82. The Morgan fingerprint density at radius 3 is 2.65 bits per heavy atom. The van der Waals surface area contributed by atoms with E-state index >= 15 is 0 Å². The van der Waals surface area contributed by atoms with Crippen molar-refractivity contribution < 1.29 is 4.74 Å². The molecule has 1 aromatic carbocycles. The molecule has 1 aliphatic carbocycles. The van der Waals surface area contributed by atoms with Gasteiger partial charge in [0.15, 0.2) is 0 Å². The number of benzene rings is 1. The summed E-state index contributed by atoms with van der Waals surface area (Å²) in [4.78, 5) is 0. The molecule has 2 nitrogen and oxygen atoms in total. The van der Waals surface area contributed by atoms with Gasteiger partial charge in [-0.05, 0) is 76.0 Å². The van der Waals surface area contributed by atoms with E-state index in [1.54, 1.807) is 0 Å². The fourth-order valence-corrected chi connectivity index (χ4v) is 4.21. The second-order valence-corrected chi connectivity index (χ2v) is 6.82. The molecular formula is C18H27NO. The van der Waals surface area contributed by atoms with Crippen LogP contribution in [0.4, 0.5) is 0 Å². The van der Waals surface area contributed by atoms with E-state index in [4.69, 9.17) is 10.5 Å². The molecule has 0 aromatic heterocycles. The highest BCUT2D eigenvalue weighted by Crippen LogP contribution is 2.49. The van der Waals surface area contributed by atoms with Crippen LogP contribution in [0.5, 0.6) is 5.75 Å². The average Bonchev–Trinajstić information content (AvgIpc) is 2.42. The predicted octanol–water partition coefficient (Wildman–Crippen LogP) is 4.22. The molecule has 1 saturated carbocycles. The molecule has 1 spiro atoms. The maximum Gasteiger partial charge on any atom is 0.126 e. The summed E-state index contributed by atoms with van der Waals surface area (Å²) in [6, 6.07) is 4.57. The molecule has 1 heterocycles. The van der Waals surface area contributed by atoms with Crippen LogP contribution in [-0.4, -0.2) is 12.1 Å². The summed E-state index contributed by atoms with van der Waals surface area (Å²) >= 11 is 0. The Morgan fingerprint density at radius 2 is 1.95 bits per heavy atom. The van der Waals surface area contributed by atoms with E-state index < -0.39 is 0 Å². The van der Waals surface area contributed by atoms with Gasteiger partial charge in [0.25, 0.3) is 0 Å². The number of fused-ring (bicyclic) bond motifs is 1. The van der Waals surface area contributed by atoms with E-state index in [0.29, 0.717) is 5.92 Å². The predicted molar refractivity (Wildman–Crippen MR) is 83.4 cm³/mol. The zero-order chi connectivity index (χ0) is 14.2. The molecular weight excluding hydrogens is 246 g/mol. The molecule has 2 aliphatic rings. The van der Waals surface area contributed by atoms with E-state index in [0.717, 1.165) is 13.0 Å². The third-order valence-corrected chi connectivity index (χ3v) is 5.10. The number of hydrogen-bond donors (Lipinski definition) is 1. The third-order valence-electron chi connectivity index (χ3n) is 5.10. The normalized spacial score (nSPS) is 24.2. The Balaban J connectivity index is 2.00. The first-order valence-electron chi connectivity index (χ1n) is 8.14. The molecule has 0 bridgehead atoms. The van der Waals surface area contributed by atoms with Crippen LogP contribution in [0.15, 0.2) is 12.1 Å². The first-order chi connectivity index (χ1) is 9.63. The molecule has 1 unspecified atom stereocenters. The topological polar surface area (TPSA) is 35.2 Å². The minimum Gasteiger partial charge on any atom is -0.487 e. The summed E-state index contributed by atoms with van der Waals surface area (Å²) in [6.45, 7) is 5.14. The summed E-state index contributed by atoms with van der Waals surface area (Å²) in [6.07, 6.45) is 8.69. The lowest BCUT2D eigenvalue weighted by molar-refractivity contribution is -0.0000594. The zero-order valence-corrected chi connectivity index (χ0v) is 12.9. The van der Waals surface area contributed by atoms with E-state index in [9.17, 15) is 0 Å². The Morgan fingerprint density at radius 1 is 1.20 bits per heavy atom. The van der Waals surface area contributed by atoms with Gasteiger partial charge in [-0.2, -0.15) is 0 Å². The summed E-state index contributed by atoms with van der Waals surface area (Å²) < 4.78 is 6.58. The van der Waals surface area contributed by atoms with Gasteiger partial charge in [-0.1, -0.05) is 24.1 Å². The zero-order valence-electron chi connectivity index (χ0n) is 12.9. The molecule has 1 atom stereocenters. The minimum absolute atomic E-state index is 0.102. The highest BCUT2D eigenvalue weighted by Gasteiger charge is 2.41. The van der Waals surface area contributed by atoms with Gasteiger partial charge in [0, 0.05) is 0 Å². The van der Waals surface area contributed by atoms with E-state index in [1.165, 1.54) is 61.0 Å². The molecule has 1 aromatic rings. The van der Waals surface area contributed by atoms with Gasteiger partial charge in [-0.15, -0.1) is 0 Å². The summed E-state index contributed by atoms with van der Waals surface area (Å²) in [5.74, 6) is 1.75. The average molecular weight is 273 g/mol. The van der Waals surface area contributed by atoms with Crippen molar-refractivity contribution in [3.05, 3.63) is 28.8 Å². The Labute approximate surface area is 122 Å². The van der Waals surface area contributed by atoms with Crippen LogP contribution < -0.4 is 10.5 Å².